The lowest BCUT2D eigenvalue weighted by Crippen LogP contribution is -2.39. The van der Waals surface area contributed by atoms with Gasteiger partial charge in [0, 0.05) is 25.3 Å². The minimum atomic E-state index is -0.318. The maximum Gasteiger partial charge on any atom is 0.251 e. The first-order valence-electron chi connectivity index (χ1n) is 6.91. The smallest absolute Gasteiger partial charge is 0.251 e. The Balaban J connectivity index is 1.69. The first kappa shape index (κ1) is 14.5. The van der Waals surface area contributed by atoms with E-state index < -0.39 is 0 Å². The molecule has 0 aromatic heterocycles. The molecule has 1 aromatic rings. The average Bonchev–Trinajstić information content (AvgIpc) is 2.98. The summed E-state index contributed by atoms with van der Waals surface area (Å²) in [5.74, 6) is -0.206. The SMILES string of the molecule is Cc1ccccc1C(=O)NCCNC(=O)C1CCCO1. The molecule has 0 spiro atoms. The number of carbonyl (C=O) groups excluding carboxylic acids is 2. The number of nitrogens with one attached hydrogen (secondary N) is 2. The molecule has 5 heteroatoms. The molecule has 2 rings (SSSR count). The zero-order valence-electron chi connectivity index (χ0n) is 11.6. The standard InChI is InChI=1S/C15H20N2O3/c1-11-5-2-3-6-12(11)14(18)16-8-9-17-15(19)13-7-4-10-20-13/h2-3,5-6,13H,4,7-10H2,1H3,(H,16,18)(H,17,19). The Morgan fingerprint density at radius 2 is 2.00 bits per heavy atom. The lowest BCUT2D eigenvalue weighted by Gasteiger charge is -2.11. The summed E-state index contributed by atoms with van der Waals surface area (Å²) in [4.78, 5) is 23.6. The van der Waals surface area contributed by atoms with Gasteiger partial charge in [0.15, 0.2) is 0 Å². The summed E-state index contributed by atoms with van der Waals surface area (Å²) in [7, 11) is 0. The number of carbonyl (C=O) groups is 2. The van der Waals surface area contributed by atoms with E-state index in [1.54, 1.807) is 6.07 Å². The molecule has 0 radical (unpaired) electrons. The maximum absolute atomic E-state index is 11.9. The van der Waals surface area contributed by atoms with Crippen LogP contribution in [0.3, 0.4) is 0 Å². The molecule has 0 saturated carbocycles. The van der Waals surface area contributed by atoms with E-state index in [1.807, 2.05) is 25.1 Å². The molecule has 108 valence electrons. The molecule has 1 unspecified atom stereocenters. The van der Waals surface area contributed by atoms with Gasteiger partial charge < -0.3 is 15.4 Å². The van der Waals surface area contributed by atoms with Crippen molar-refractivity contribution in [1.82, 2.24) is 10.6 Å². The van der Waals surface area contributed by atoms with Gasteiger partial charge in [-0.15, -0.1) is 0 Å². The van der Waals surface area contributed by atoms with Crippen LogP contribution in [0.4, 0.5) is 0 Å². The summed E-state index contributed by atoms with van der Waals surface area (Å²) in [5.41, 5.74) is 1.60. The van der Waals surface area contributed by atoms with E-state index in [0.29, 0.717) is 25.3 Å². The van der Waals surface area contributed by atoms with Crippen molar-refractivity contribution in [2.45, 2.75) is 25.9 Å². The first-order valence-corrected chi connectivity index (χ1v) is 6.91. The van der Waals surface area contributed by atoms with Crippen molar-refractivity contribution in [3.05, 3.63) is 35.4 Å². The second kappa shape index (κ2) is 7.05. The molecule has 20 heavy (non-hydrogen) atoms. The molecular weight excluding hydrogens is 256 g/mol. The summed E-state index contributed by atoms with van der Waals surface area (Å²) < 4.78 is 5.28. The highest BCUT2D eigenvalue weighted by atomic mass is 16.5. The summed E-state index contributed by atoms with van der Waals surface area (Å²) in [5, 5.41) is 5.56. The third kappa shape index (κ3) is 3.81. The Morgan fingerprint density at radius 1 is 1.25 bits per heavy atom. The summed E-state index contributed by atoms with van der Waals surface area (Å²) in [6.45, 7) is 3.37. The van der Waals surface area contributed by atoms with Crippen LogP contribution < -0.4 is 10.6 Å². The Hall–Kier alpha value is -1.88. The molecule has 1 fully saturated rings. The Kier molecular flexibility index (Phi) is 5.12. The predicted octanol–water partition coefficient (Wildman–Crippen LogP) is 1.02. The van der Waals surface area contributed by atoms with E-state index in [4.69, 9.17) is 4.74 Å². The zero-order valence-corrected chi connectivity index (χ0v) is 11.6. The van der Waals surface area contributed by atoms with Crippen molar-refractivity contribution in [2.24, 2.45) is 0 Å². The number of rotatable bonds is 5. The minimum Gasteiger partial charge on any atom is -0.368 e. The van der Waals surface area contributed by atoms with Gasteiger partial charge in [0.1, 0.15) is 6.10 Å². The number of hydrogen-bond acceptors (Lipinski definition) is 3. The highest BCUT2D eigenvalue weighted by Crippen LogP contribution is 2.11. The molecule has 1 aromatic carbocycles. The second-order valence-electron chi connectivity index (χ2n) is 4.86. The number of aryl methyl sites for hydroxylation is 1. The second-order valence-corrected chi connectivity index (χ2v) is 4.86. The molecular formula is C15H20N2O3. The molecule has 1 aliphatic heterocycles. The largest absolute Gasteiger partial charge is 0.368 e. The molecule has 1 atom stereocenters. The Labute approximate surface area is 118 Å². The van der Waals surface area contributed by atoms with Crippen molar-refractivity contribution in [2.75, 3.05) is 19.7 Å². The van der Waals surface area contributed by atoms with Gasteiger partial charge in [-0.25, -0.2) is 0 Å². The summed E-state index contributed by atoms with van der Waals surface area (Å²) >= 11 is 0. The first-order chi connectivity index (χ1) is 9.68. The molecule has 2 N–H and O–H groups in total. The van der Waals surface area contributed by atoms with E-state index in [9.17, 15) is 9.59 Å². The van der Waals surface area contributed by atoms with Gasteiger partial charge in [0.2, 0.25) is 5.91 Å². The third-order valence-corrected chi connectivity index (χ3v) is 3.32. The summed E-state index contributed by atoms with van der Waals surface area (Å²) in [6, 6.07) is 7.42. The molecule has 1 saturated heterocycles. The number of benzene rings is 1. The van der Waals surface area contributed by atoms with Crippen molar-refractivity contribution in [3.8, 4) is 0 Å². The number of ether oxygens (including phenoxy) is 1. The molecule has 1 heterocycles. The fraction of sp³-hybridized carbons (Fsp3) is 0.467. The quantitative estimate of drug-likeness (QED) is 0.789. The van der Waals surface area contributed by atoms with Gasteiger partial charge in [0.25, 0.3) is 5.91 Å². The van der Waals surface area contributed by atoms with Crippen LogP contribution in [0.25, 0.3) is 0 Å². The van der Waals surface area contributed by atoms with Crippen molar-refractivity contribution >= 4 is 11.8 Å². The summed E-state index contributed by atoms with van der Waals surface area (Å²) in [6.07, 6.45) is 1.39. The van der Waals surface area contributed by atoms with Gasteiger partial charge in [-0.3, -0.25) is 9.59 Å². The van der Waals surface area contributed by atoms with Crippen LogP contribution in [0.15, 0.2) is 24.3 Å². The topological polar surface area (TPSA) is 67.4 Å². The number of amides is 2. The predicted molar refractivity (Wildman–Crippen MR) is 75.5 cm³/mol. The van der Waals surface area contributed by atoms with Gasteiger partial charge >= 0.3 is 0 Å². The number of hydrogen-bond donors (Lipinski definition) is 2. The van der Waals surface area contributed by atoms with Crippen molar-refractivity contribution in [1.29, 1.82) is 0 Å². The lowest BCUT2D eigenvalue weighted by atomic mass is 10.1. The van der Waals surface area contributed by atoms with Crippen LogP contribution in [-0.2, 0) is 9.53 Å². The fourth-order valence-electron chi connectivity index (χ4n) is 2.18. The van der Waals surface area contributed by atoms with Gasteiger partial charge in [-0.2, -0.15) is 0 Å². The van der Waals surface area contributed by atoms with Crippen LogP contribution in [0.1, 0.15) is 28.8 Å². The van der Waals surface area contributed by atoms with Gasteiger partial charge in [-0.05, 0) is 31.4 Å². The van der Waals surface area contributed by atoms with E-state index in [2.05, 4.69) is 10.6 Å². The van der Waals surface area contributed by atoms with E-state index in [0.717, 1.165) is 18.4 Å². The van der Waals surface area contributed by atoms with Crippen LogP contribution in [-0.4, -0.2) is 37.6 Å². The van der Waals surface area contributed by atoms with Gasteiger partial charge in [-0.1, -0.05) is 18.2 Å². The molecule has 1 aliphatic rings. The Bertz CT molecular complexity index is 482. The average molecular weight is 276 g/mol. The van der Waals surface area contributed by atoms with Crippen LogP contribution in [0, 0.1) is 6.92 Å². The monoisotopic (exact) mass is 276 g/mol. The van der Waals surface area contributed by atoms with Crippen LogP contribution in [0.5, 0.6) is 0 Å². The maximum atomic E-state index is 11.9. The fourth-order valence-corrected chi connectivity index (χ4v) is 2.18. The van der Waals surface area contributed by atoms with E-state index >= 15 is 0 Å². The Morgan fingerprint density at radius 3 is 2.70 bits per heavy atom. The molecule has 0 bridgehead atoms. The van der Waals surface area contributed by atoms with Crippen LogP contribution in [0.2, 0.25) is 0 Å². The minimum absolute atomic E-state index is 0.0901. The van der Waals surface area contributed by atoms with Crippen molar-refractivity contribution < 1.29 is 14.3 Å². The highest BCUT2D eigenvalue weighted by Gasteiger charge is 2.22. The van der Waals surface area contributed by atoms with Crippen LogP contribution >= 0.6 is 0 Å². The van der Waals surface area contributed by atoms with Crippen molar-refractivity contribution in [3.63, 3.8) is 0 Å². The van der Waals surface area contributed by atoms with Gasteiger partial charge in [0.05, 0.1) is 0 Å². The molecule has 0 aliphatic carbocycles. The molecule has 2 amide bonds. The normalized spacial score (nSPS) is 17.8. The zero-order chi connectivity index (χ0) is 14.4. The third-order valence-electron chi connectivity index (χ3n) is 3.32. The molecule has 5 nitrogen and oxygen atoms in total. The van der Waals surface area contributed by atoms with E-state index in [-0.39, 0.29) is 17.9 Å². The highest BCUT2D eigenvalue weighted by molar-refractivity contribution is 5.95. The van der Waals surface area contributed by atoms with E-state index in [1.165, 1.54) is 0 Å². The lowest BCUT2D eigenvalue weighted by molar-refractivity contribution is -0.129.